The molecule has 0 aliphatic carbocycles. The van der Waals surface area contributed by atoms with Gasteiger partial charge in [-0.2, -0.15) is 0 Å². The summed E-state index contributed by atoms with van der Waals surface area (Å²) in [5.74, 6) is 0.309. The summed E-state index contributed by atoms with van der Waals surface area (Å²) in [6, 6.07) is 4.91. The quantitative estimate of drug-likeness (QED) is 0.698. The minimum atomic E-state index is -0.421. The van der Waals surface area contributed by atoms with E-state index in [1.165, 1.54) is 13.2 Å². The van der Waals surface area contributed by atoms with E-state index < -0.39 is 5.82 Å². The zero-order valence-electron chi connectivity index (χ0n) is 17.5. The van der Waals surface area contributed by atoms with Crippen molar-refractivity contribution in [3.05, 3.63) is 29.6 Å². The van der Waals surface area contributed by atoms with E-state index in [1.807, 2.05) is 0 Å². The maximum Gasteiger partial charge on any atom is 0.317 e. The minimum absolute atomic E-state index is 0.152. The molecule has 0 radical (unpaired) electrons. The van der Waals surface area contributed by atoms with Crippen LogP contribution in [0.2, 0.25) is 0 Å². The van der Waals surface area contributed by atoms with Gasteiger partial charge in [0.2, 0.25) is 0 Å². The van der Waals surface area contributed by atoms with Crippen LogP contribution in [0.25, 0.3) is 0 Å². The number of nitrogens with zero attached hydrogens (tertiary/aromatic N) is 2. The lowest BCUT2D eigenvalue weighted by Crippen LogP contribution is -2.53. The third-order valence-corrected chi connectivity index (χ3v) is 5.55. The third kappa shape index (κ3) is 6.07. The van der Waals surface area contributed by atoms with Crippen molar-refractivity contribution in [1.82, 2.24) is 15.1 Å². The SMILES string of the molecule is CCC(CC)C(CNC(=O)N(C)Cc1ccc(OC)c(F)c1)N1CCOCC1. The predicted molar refractivity (Wildman–Crippen MR) is 108 cm³/mol. The number of rotatable bonds is 9. The Morgan fingerprint density at radius 3 is 2.57 bits per heavy atom. The van der Waals surface area contributed by atoms with E-state index in [2.05, 4.69) is 24.1 Å². The van der Waals surface area contributed by atoms with Gasteiger partial charge in [0.05, 0.1) is 20.3 Å². The summed E-state index contributed by atoms with van der Waals surface area (Å²) in [4.78, 5) is 16.6. The smallest absolute Gasteiger partial charge is 0.317 e. The first-order valence-corrected chi connectivity index (χ1v) is 10.1. The van der Waals surface area contributed by atoms with E-state index in [0.29, 0.717) is 25.0 Å². The topological polar surface area (TPSA) is 54.0 Å². The summed E-state index contributed by atoms with van der Waals surface area (Å²) < 4.78 is 24.3. The lowest BCUT2D eigenvalue weighted by molar-refractivity contribution is 0.00215. The lowest BCUT2D eigenvalue weighted by atomic mass is 9.92. The fraction of sp³-hybridized carbons (Fsp3) is 0.667. The average molecular weight is 396 g/mol. The molecule has 1 atom stereocenters. The Bertz CT molecular complexity index is 619. The highest BCUT2D eigenvalue weighted by atomic mass is 19.1. The molecule has 1 aliphatic heterocycles. The molecule has 1 heterocycles. The second-order valence-corrected chi connectivity index (χ2v) is 7.30. The molecule has 1 aliphatic rings. The number of morpholine rings is 1. The van der Waals surface area contributed by atoms with Crippen LogP contribution >= 0.6 is 0 Å². The molecule has 7 heteroatoms. The number of nitrogens with one attached hydrogen (secondary N) is 1. The number of carbonyl (C=O) groups excluding carboxylic acids is 1. The summed E-state index contributed by atoms with van der Waals surface area (Å²) in [5, 5.41) is 3.07. The molecule has 0 aromatic heterocycles. The van der Waals surface area contributed by atoms with Gasteiger partial charge < -0.3 is 19.7 Å². The van der Waals surface area contributed by atoms with E-state index >= 15 is 0 Å². The van der Waals surface area contributed by atoms with Gasteiger partial charge in [-0.25, -0.2) is 9.18 Å². The Morgan fingerprint density at radius 2 is 2.00 bits per heavy atom. The highest BCUT2D eigenvalue weighted by Crippen LogP contribution is 2.20. The molecule has 1 aromatic rings. The van der Waals surface area contributed by atoms with E-state index in [1.54, 1.807) is 24.1 Å². The van der Waals surface area contributed by atoms with Gasteiger partial charge in [0.15, 0.2) is 11.6 Å². The Hall–Kier alpha value is -1.86. The molecular formula is C21H34FN3O3. The lowest BCUT2D eigenvalue weighted by Gasteiger charge is -2.39. The molecule has 158 valence electrons. The number of methoxy groups -OCH3 is 1. The fourth-order valence-corrected chi connectivity index (χ4v) is 3.82. The standard InChI is InChI=1S/C21H34FN3O3/c1-5-17(6-2)19(25-9-11-28-12-10-25)14-23-21(26)24(3)15-16-7-8-20(27-4)18(22)13-16/h7-8,13,17,19H,5-6,9-12,14-15H2,1-4H3,(H,23,26). The van der Waals surface area contributed by atoms with Crippen molar-refractivity contribution in [2.75, 3.05) is 47.0 Å². The van der Waals surface area contributed by atoms with E-state index in [0.717, 1.165) is 44.7 Å². The molecule has 0 spiro atoms. The van der Waals surface area contributed by atoms with Gasteiger partial charge in [0.25, 0.3) is 0 Å². The number of urea groups is 1. The minimum Gasteiger partial charge on any atom is -0.494 e. The molecule has 1 saturated heterocycles. The van der Waals surface area contributed by atoms with Gasteiger partial charge >= 0.3 is 6.03 Å². The summed E-state index contributed by atoms with van der Waals surface area (Å²) in [5.41, 5.74) is 0.723. The van der Waals surface area contributed by atoms with Gasteiger partial charge in [0, 0.05) is 39.3 Å². The second kappa shape index (κ2) is 11.2. The van der Waals surface area contributed by atoms with E-state index in [9.17, 15) is 9.18 Å². The number of benzene rings is 1. The van der Waals surface area contributed by atoms with Crippen molar-refractivity contribution in [1.29, 1.82) is 0 Å². The zero-order valence-corrected chi connectivity index (χ0v) is 17.5. The highest BCUT2D eigenvalue weighted by Gasteiger charge is 2.27. The molecular weight excluding hydrogens is 361 g/mol. The van der Waals surface area contributed by atoms with E-state index in [-0.39, 0.29) is 11.8 Å². The number of ether oxygens (including phenoxy) is 2. The molecule has 6 nitrogen and oxygen atoms in total. The number of amides is 2. The molecule has 0 saturated carbocycles. The highest BCUT2D eigenvalue weighted by molar-refractivity contribution is 5.73. The van der Waals surface area contributed by atoms with Crippen LogP contribution in [0.1, 0.15) is 32.3 Å². The van der Waals surface area contributed by atoms with Crippen LogP contribution in [0.3, 0.4) is 0 Å². The monoisotopic (exact) mass is 395 g/mol. The van der Waals surface area contributed by atoms with Crippen molar-refractivity contribution >= 4 is 6.03 Å². The normalized spacial score (nSPS) is 16.1. The van der Waals surface area contributed by atoms with Crippen molar-refractivity contribution in [3.8, 4) is 5.75 Å². The summed E-state index contributed by atoms with van der Waals surface area (Å²) in [7, 11) is 3.15. The molecule has 28 heavy (non-hydrogen) atoms. The van der Waals surface area contributed by atoms with Gasteiger partial charge in [-0.15, -0.1) is 0 Å². The average Bonchev–Trinajstić information content (AvgIpc) is 2.71. The molecule has 1 fully saturated rings. The van der Waals surface area contributed by atoms with Gasteiger partial charge in [-0.05, 0) is 23.6 Å². The molecule has 2 rings (SSSR count). The summed E-state index contributed by atoms with van der Waals surface area (Å²) in [6.45, 7) is 8.63. The van der Waals surface area contributed by atoms with Crippen molar-refractivity contribution in [2.24, 2.45) is 5.92 Å². The first-order chi connectivity index (χ1) is 13.5. The van der Waals surface area contributed by atoms with Crippen molar-refractivity contribution in [2.45, 2.75) is 39.3 Å². The van der Waals surface area contributed by atoms with Crippen molar-refractivity contribution in [3.63, 3.8) is 0 Å². The Labute approximate surface area is 168 Å². The summed E-state index contributed by atoms with van der Waals surface area (Å²) in [6.07, 6.45) is 2.16. The fourth-order valence-electron chi connectivity index (χ4n) is 3.82. The maximum absolute atomic E-state index is 13.9. The van der Waals surface area contributed by atoms with Crippen molar-refractivity contribution < 1.29 is 18.7 Å². The van der Waals surface area contributed by atoms with Gasteiger partial charge in [-0.1, -0.05) is 32.8 Å². The Balaban J connectivity index is 1.94. The second-order valence-electron chi connectivity index (χ2n) is 7.30. The molecule has 1 unspecified atom stereocenters. The van der Waals surface area contributed by atoms with Crippen LogP contribution in [0, 0.1) is 11.7 Å². The van der Waals surface area contributed by atoms with Crippen LogP contribution in [0.4, 0.5) is 9.18 Å². The maximum atomic E-state index is 13.9. The van der Waals surface area contributed by atoms with Crippen LogP contribution in [-0.2, 0) is 11.3 Å². The van der Waals surface area contributed by atoms with Crippen LogP contribution < -0.4 is 10.1 Å². The number of halogens is 1. The molecule has 1 aromatic carbocycles. The van der Waals surface area contributed by atoms with Crippen LogP contribution in [0.15, 0.2) is 18.2 Å². The Kier molecular flexibility index (Phi) is 8.99. The van der Waals surface area contributed by atoms with E-state index in [4.69, 9.17) is 9.47 Å². The summed E-state index contributed by atoms with van der Waals surface area (Å²) >= 11 is 0. The molecule has 0 bridgehead atoms. The number of hydrogen-bond acceptors (Lipinski definition) is 4. The molecule has 2 amide bonds. The van der Waals surface area contributed by atoms with Crippen LogP contribution in [-0.4, -0.2) is 68.9 Å². The third-order valence-electron chi connectivity index (χ3n) is 5.55. The zero-order chi connectivity index (χ0) is 20.5. The first kappa shape index (κ1) is 22.4. The Morgan fingerprint density at radius 1 is 1.32 bits per heavy atom. The number of carbonyl (C=O) groups is 1. The largest absolute Gasteiger partial charge is 0.494 e. The first-order valence-electron chi connectivity index (χ1n) is 10.1. The van der Waals surface area contributed by atoms with Gasteiger partial charge in [0.1, 0.15) is 0 Å². The molecule has 1 N–H and O–H groups in total. The van der Waals surface area contributed by atoms with Crippen LogP contribution in [0.5, 0.6) is 5.75 Å². The number of hydrogen-bond donors (Lipinski definition) is 1. The predicted octanol–water partition coefficient (Wildman–Crippen LogP) is 3.11. The van der Waals surface area contributed by atoms with Gasteiger partial charge in [-0.3, -0.25) is 4.90 Å².